The molecule has 4 rings (SSSR count). The first-order valence-electron chi connectivity index (χ1n) is 7.62. The number of hydrogen-bond donors (Lipinski definition) is 0. The summed E-state index contributed by atoms with van der Waals surface area (Å²) >= 11 is 6.01. The molecule has 3 aromatic rings. The highest BCUT2D eigenvalue weighted by Gasteiger charge is 2.28. The van der Waals surface area contributed by atoms with Gasteiger partial charge >= 0.3 is 0 Å². The van der Waals surface area contributed by atoms with Crippen LogP contribution < -0.4 is 9.64 Å². The van der Waals surface area contributed by atoms with E-state index in [1.807, 2.05) is 30.3 Å². The number of rotatable bonds is 4. The fourth-order valence-electron chi connectivity index (χ4n) is 2.77. The lowest BCUT2D eigenvalue weighted by molar-refractivity contribution is 0.219. The Kier molecular flexibility index (Phi) is 3.75. The van der Waals surface area contributed by atoms with Gasteiger partial charge in [0.2, 0.25) is 0 Å². The van der Waals surface area contributed by atoms with E-state index in [2.05, 4.69) is 22.0 Å². The molecule has 0 unspecified atom stereocenters. The largest absolute Gasteiger partial charge is 0.492 e. The van der Waals surface area contributed by atoms with Crippen molar-refractivity contribution in [1.82, 2.24) is 9.97 Å². The Labute approximate surface area is 139 Å². The van der Waals surface area contributed by atoms with Crippen molar-refractivity contribution < 1.29 is 4.74 Å². The summed E-state index contributed by atoms with van der Waals surface area (Å²) < 4.78 is 5.75. The summed E-state index contributed by atoms with van der Waals surface area (Å²) in [4.78, 5) is 11.0. The van der Waals surface area contributed by atoms with Gasteiger partial charge in [0.1, 0.15) is 11.6 Å². The molecule has 0 amide bonds. The Bertz CT molecular complexity index is 819. The SMILES string of the molecule is Clc1ccc2nc(N3CC(COc4cccnc4)C3)ccc2c1. The number of anilines is 1. The van der Waals surface area contributed by atoms with Crippen LogP contribution in [0.15, 0.2) is 54.9 Å². The Morgan fingerprint density at radius 3 is 2.91 bits per heavy atom. The second-order valence-electron chi connectivity index (χ2n) is 5.78. The Balaban J connectivity index is 1.37. The van der Waals surface area contributed by atoms with Crippen LogP contribution in [0.4, 0.5) is 5.82 Å². The first-order chi connectivity index (χ1) is 11.3. The zero-order valence-corrected chi connectivity index (χ0v) is 13.3. The molecule has 2 aromatic heterocycles. The zero-order chi connectivity index (χ0) is 15.6. The summed E-state index contributed by atoms with van der Waals surface area (Å²) in [6.07, 6.45) is 3.49. The van der Waals surface area contributed by atoms with Gasteiger partial charge in [-0.2, -0.15) is 0 Å². The summed E-state index contributed by atoms with van der Waals surface area (Å²) in [5.41, 5.74) is 0.974. The molecule has 5 heteroatoms. The number of hydrogen-bond acceptors (Lipinski definition) is 4. The highest BCUT2D eigenvalue weighted by Crippen LogP contribution is 2.26. The van der Waals surface area contributed by atoms with Crippen molar-refractivity contribution in [1.29, 1.82) is 0 Å². The minimum absolute atomic E-state index is 0.526. The van der Waals surface area contributed by atoms with Crippen molar-refractivity contribution in [2.75, 3.05) is 24.6 Å². The average molecular weight is 326 g/mol. The van der Waals surface area contributed by atoms with Gasteiger partial charge in [0.15, 0.2) is 0 Å². The predicted molar refractivity (Wildman–Crippen MR) is 92.2 cm³/mol. The molecule has 1 aliphatic heterocycles. The van der Waals surface area contributed by atoms with E-state index in [-0.39, 0.29) is 0 Å². The summed E-state index contributed by atoms with van der Waals surface area (Å²) in [5, 5.41) is 1.81. The van der Waals surface area contributed by atoms with Gasteiger partial charge < -0.3 is 9.64 Å². The highest BCUT2D eigenvalue weighted by atomic mass is 35.5. The maximum atomic E-state index is 6.01. The molecule has 0 atom stereocenters. The van der Waals surface area contributed by atoms with Crippen molar-refractivity contribution in [3.63, 3.8) is 0 Å². The molecule has 0 spiro atoms. The smallest absolute Gasteiger partial charge is 0.137 e. The number of halogens is 1. The third kappa shape index (κ3) is 3.08. The third-order valence-corrected chi connectivity index (χ3v) is 4.27. The van der Waals surface area contributed by atoms with Crippen LogP contribution in [0, 0.1) is 5.92 Å². The third-order valence-electron chi connectivity index (χ3n) is 4.04. The van der Waals surface area contributed by atoms with E-state index >= 15 is 0 Å². The van der Waals surface area contributed by atoms with Gasteiger partial charge in [-0.05, 0) is 42.5 Å². The average Bonchev–Trinajstić information content (AvgIpc) is 2.54. The van der Waals surface area contributed by atoms with Crippen molar-refractivity contribution in [3.05, 3.63) is 59.9 Å². The number of aromatic nitrogens is 2. The van der Waals surface area contributed by atoms with Crippen LogP contribution in [0.1, 0.15) is 0 Å². The molecule has 0 bridgehead atoms. The first kappa shape index (κ1) is 14.3. The van der Waals surface area contributed by atoms with Gasteiger partial charge in [-0.1, -0.05) is 11.6 Å². The van der Waals surface area contributed by atoms with Crippen molar-refractivity contribution in [2.45, 2.75) is 0 Å². The van der Waals surface area contributed by atoms with Crippen molar-refractivity contribution in [3.8, 4) is 5.75 Å². The summed E-state index contributed by atoms with van der Waals surface area (Å²) in [6.45, 7) is 2.64. The quantitative estimate of drug-likeness (QED) is 0.731. The number of ether oxygens (including phenoxy) is 1. The molecule has 1 saturated heterocycles. The molecule has 0 radical (unpaired) electrons. The molecule has 0 N–H and O–H groups in total. The number of fused-ring (bicyclic) bond motifs is 1. The molecular formula is C18H16ClN3O. The maximum absolute atomic E-state index is 6.01. The van der Waals surface area contributed by atoms with Crippen molar-refractivity contribution in [2.24, 2.45) is 5.92 Å². The standard InChI is InChI=1S/C18H16ClN3O/c19-15-4-5-17-14(8-15)3-6-18(21-17)22-10-13(11-22)12-23-16-2-1-7-20-9-16/h1-9,13H,10-12H2. The number of benzene rings is 1. The van der Waals surface area contributed by atoms with Crippen LogP contribution in [0.3, 0.4) is 0 Å². The van der Waals surface area contributed by atoms with E-state index in [4.69, 9.17) is 21.3 Å². The molecule has 0 aliphatic carbocycles. The van der Waals surface area contributed by atoms with E-state index < -0.39 is 0 Å². The fraction of sp³-hybridized carbons (Fsp3) is 0.222. The topological polar surface area (TPSA) is 38.2 Å². The lowest BCUT2D eigenvalue weighted by atomic mass is 10.0. The minimum atomic E-state index is 0.526. The molecular weight excluding hydrogens is 310 g/mol. The predicted octanol–water partition coefficient (Wildman–Crippen LogP) is 3.80. The van der Waals surface area contributed by atoms with E-state index in [0.717, 1.165) is 40.6 Å². The van der Waals surface area contributed by atoms with Crippen LogP contribution in [0.2, 0.25) is 5.02 Å². The van der Waals surface area contributed by atoms with Crippen LogP contribution >= 0.6 is 11.6 Å². The Hall–Kier alpha value is -2.33. The highest BCUT2D eigenvalue weighted by molar-refractivity contribution is 6.31. The van der Waals surface area contributed by atoms with Crippen molar-refractivity contribution >= 4 is 28.3 Å². The lowest BCUT2D eigenvalue weighted by Gasteiger charge is -2.40. The second kappa shape index (κ2) is 6.05. The monoisotopic (exact) mass is 325 g/mol. The summed E-state index contributed by atoms with van der Waals surface area (Å²) in [7, 11) is 0. The first-order valence-corrected chi connectivity index (χ1v) is 8.00. The molecule has 116 valence electrons. The molecule has 0 saturated carbocycles. The second-order valence-corrected chi connectivity index (χ2v) is 6.21. The van der Waals surface area contributed by atoms with E-state index in [0.29, 0.717) is 12.5 Å². The number of pyridine rings is 2. The van der Waals surface area contributed by atoms with Gasteiger partial charge in [0.05, 0.1) is 18.3 Å². The summed E-state index contributed by atoms with van der Waals surface area (Å²) in [6, 6.07) is 13.7. The lowest BCUT2D eigenvalue weighted by Crippen LogP contribution is -2.49. The van der Waals surface area contributed by atoms with Gasteiger partial charge in [-0.3, -0.25) is 4.98 Å². The normalized spacial score (nSPS) is 14.7. The van der Waals surface area contributed by atoms with Crippen LogP contribution in [-0.2, 0) is 0 Å². The molecule has 4 nitrogen and oxygen atoms in total. The number of nitrogens with zero attached hydrogens (tertiary/aromatic N) is 3. The Morgan fingerprint density at radius 2 is 2.09 bits per heavy atom. The molecule has 23 heavy (non-hydrogen) atoms. The molecule has 3 heterocycles. The molecule has 1 aliphatic rings. The maximum Gasteiger partial charge on any atom is 0.137 e. The Morgan fingerprint density at radius 1 is 1.17 bits per heavy atom. The minimum Gasteiger partial charge on any atom is -0.492 e. The van der Waals surface area contributed by atoms with Crippen LogP contribution in [0.5, 0.6) is 5.75 Å². The van der Waals surface area contributed by atoms with Crippen LogP contribution in [-0.4, -0.2) is 29.7 Å². The summed E-state index contributed by atoms with van der Waals surface area (Å²) in [5.74, 6) is 2.36. The van der Waals surface area contributed by atoms with E-state index in [1.165, 1.54) is 0 Å². The van der Waals surface area contributed by atoms with E-state index in [9.17, 15) is 0 Å². The molecule has 1 aromatic carbocycles. The molecule has 1 fully saturated rings. The van der Waals surface area contributed by atoms with E-state index in [1.54, 1.807) is 12.4 Å². The fourth-order valence-corrected chi connectivity index (χ4v) is 2.95. The zero-order valence-electron chi connectivity index (χ0n) is 12.5. The van der Waals surface area contributed by atoms with Gasteiger partial charge in [0.25, 0.3) is 0 Å². The van der Waals surface area contributed by atoms with Crippen LogP contribution in [0.25, 0.3) is 10.9 Å². The van der Waals surface area contributed by atoms with Gasteiger partial charge in [0, 0.05) is 35.6 Å². The van der Waals surface area contributed by atoms with Gasteiger partial charge in [-0.25, -0.2) is 4.98 Å². The van der Waals surface area contributed by atoms with Gasteiger partial charge in [-0.15, -0.1) is 0 Å².